The highest BCUT2D eigenvalue weighted by Crippen LogP contribution is 2.39. The van der Waals surface area contributed by atoms with E-state index in [4.69, 9.17) is 19.8 Å². The molecule has 2 N–H and O–H groups in total. The van der Waals surface area contributed by atoms with Crippen molar-refractivity contribution in [2.75, 3.05) is 13.7 Å². The van der Waals surface area contributed by atoms with Crippen LogP contribution in [-0.4, -0.2) is 32.0 Å². The quantitative estimate of drug-likeness (QED) is 0.836. The molecule has 0 radical (unpaired) electrons. The van der Waals surface area contributed by atoms with Crippen molar-refractivity contribution < 1.29 is 27.2 Å². The monoisotopic (exact) mass is 357 g/mol. The van der Waals surface area contributed by atoms with E-state index in [0.29, 0.717) is 11.0 Å². The first kappa shape index (κ1) is 19.8. The number of benzene rings is 1. The summed E-state index contributed by atoms with van der Waals surface area (Å²) in [4.78, 5) is 0. The maximum atomic E-state index is 13.1. The molecule has 0 amide bonds. The molecule has 2 rings (SSSR count). The maximum Gasteiger partial charge on any atom is 0.491 e. The number of hydrogen-bond acceptors (Lipinski definition) is 4. The van der Waals surface area contributed by atoms with Crippen molar-refractivity contribution in [1.29, 1.82) is 0 Å². The van der Waals surface area contributed by atoms with Gasteiger partial charge in [0.25, 0.3) is 0 Å². The minimum absolute atomic E-state index is 0.0926. The van der Waals surface area contributed by atoms with Crippen LogP contribution in [0.25, 0.3) is 6.08 Å². The molecular formula is C17H23BF3NO3. The van der Waals surface area contributed by atoms with Gasteiger partial charge in [-0.05, 0) is 56.9 Å². The topological polar surface area (TPSA) is 53.7 Å². The molecule has 25 heavy (non-hydrogen) atoms. The summed E-state index contributed by atoms with van der Waals surface area (Å²) in [6.07, 6.45) is -2.91. The predicted molar refractivity (Wildman–Crippen MR) is 91.1 cm³/mol. The van der Waals surface area contributed by atoms with Crippen LogP contribution in [0.4, 0.5) is 13.2 Å². The molecule has 0 saturated carbocycles. The Morgan fingerprint density at radius 3 is 2.16 bits per heavy atom. The zero-order chi connectivity index (χ0) is 19.0. The molecule has 0 aromatic heterocycles. The molecule has 0 atom stereocenters. The molecule has 4 nitrogen and oxygen atoms in total. The van der Waals surface area contributed by atoms with E-state index in [0.717, 1.165) is 12.1 Å². The summed E-state index contributed by atoms with van der Waals surface area (Å²) >= 11 is 0. The molecule has 1 aromatic carbocycles. The van der Waals surface area contributed by atoms with E-state index < -0.39 is 30.1 Å². The van der Waals surface area contributed by atoms with Crippen LogP contribution in [0.3, 0.4) is 0 Å². The van der Waals surface area contributed by atoms with Gasteiger partial charge in [0.05, 0.1) is 23.9 Å². The van der Waals surface area contributed by atoms with Crippen LogP contribution in [-0.2, 0) is 15.5 Å². The van der Waals surface area contributed by atoms with Gasteiger partial charge in [-0.3, -0.25) is 0 Å². The summed E-state index contributed by atoms with van der Waals surface area (Å²) in [7, 11) is 0.608. The Morgan fingerprint density at radius 1 is 1.16 bits per heavy atom. The Bertz CT molecular complexity index is 656. The first-order valence-electron chi connectivity index (χ1n) is 7.92. The summed E-state index contributed by atoms with van der Waals surface area (Å²) in [6, 6.07) is 3.51. The smallest absolute Gasteiger partial charge is 0.491 e. The van der Waals surface area contributed by atoms with Crippen LogP contribution in [0.1, 0.15) is 38.8 Å². The average molecular weight is 357 g/mol. The third-order valence-corrected chi connectivity index (χ3v) is 4.64. The van der Waals surface area contributed by atoms with Gasteiger partial charge in [0.1, 0.15) is 5.75 Å². The molecule has 1 aliphatic heterocycles. The van der Waals surface area contributed by atoms with Gasteiger partial charge in [-0.15, -0.1) is 0 Å². The van der Waals surface area contributed by atoms with Gasteiger partial charge < -0.3 is 19.8 Å². The highest BCUT2D eigenvalue weighted by Gasteiger charge is 2.52. The van der Waals surface area contributed by atoms with Crippen LogP contribution in [0.5, 0.6) is 5.75 Å². The van der Waals surface area contributed by atoms with Gasteiger partial charge >= 0.3 is 13.3 Å². The number of methoxy groups -OCH3 is 1. The molecule has 0 bridgehead atoms. The minimum Gasteiger partial charge on any atom is -0.497 e. The predicted octanol–water partition coefficient (Wildman–Crippen LogP) is 3.69. The van der Waals surface area contributed by atoms with Crippen LogP contribution in [0, 0.1) is 0 Å². The number of ether oxygens (including phenoxy) is 1. The number of halogens is 3. The van der Waals surface area contributed by atoms with Crippen LogP contribution >= 0.6 is 0 Å². The lowest BCUT2D eigenvalue weighted by atomic mass is 9.77. The molecular weight excluding hydrogens is 334 g/mol. The largest absolute Gasteiger partial charge is 0.497 e. The van der Waals surface area contributed by atoms with Gasteiger partial charge in [0.15, 0.2) is 0 Å². The van der Waals surface area contributed by atoms with Gasteiger partial charge in [-0.1, -0.05) is 6.08 Å². The van der Waals surface area contributed by atoms with Crippen molar-refractivity contribution in [3.05, 3.63) is 34.8 Å². The van der Waals surface area contributed by atoms with Gasteiger partial charge in [0, 0.05) is 6.54 Å². The van der Waals surface area contributed by atoms with Crippen LogP contribution in [0.2, 0.25) is 0 Å². The molecule has 0 unspecified atom stereocenters. The highest BCUT2D eigenvalue weighted by atomic mass is 19.4. The Labute approximate surface area is 146 Å². The van der Waals surface area contributed by atoms with E-state index in [1.54, 1.807) is 6.08 Å². The fourth-order valence-electron chi connectivity index (χ4n) is 2.42. The average Bonchev–Trinajstić information content (AvgIpc) is 2.71. The van der Waals surface area contributed by atoms with Crippen molar-refractivity contribution in [2.45, 2.75) is 45.1 Å². The van der Waals surface area contributed by atoms with E-state index in [9.17, 15) is 13.2 Å². The van der Waals surface area contributed by atoms with Gasteiger partial charge in [-0.2, -0.15) is 13.2 Å². The zero-order valence-electron chi connectivity index (χ0n) is 15.0. The molecule has 0 aliphatic carbocycles. The van der Waals surface area contributed by atoms with Crippen molar-refractivity contribution in [3.8, 4) is 5.75 Å². The van der Waals surface area contributed by atoms with E-state index in [2.05, 4.69) is 0 Å². The number of alkyl halides is 3. The molecule has 1 aromatic rings. The molecule has 1 fully saturated rings. The summed E-state index contributed by atoms with van der Waals surface area (Å²) in [5.74, 6) is 0.117. The molecule has 138 valence electrons. The second kappa shape index (κ2) is 6.66. The Morgan fingerprint density at radius 2 is 1.72 bits per heavy atom. The number of hydrogen-bond donors (Lipinski definition) is 1. The molecule has 1 saturated heterocycles. The standard InChI is InChI=1S/C17H23BF3NO3/c1-15(2)16(3,4)25-18(24-15)13(10-22)7-11-6-12(17(19,20)21)9-14(8-11)23-5/h6-9H,10,22H2,1-5H3. The highest BCUT2D eigenvalue weighted by molar-refractivity contribution is 6.55. The van der Waals surface area contributed by atoms with Crippen molar-refractivity contribution in [1.82, 2.24) is 0 Å². The molecule has 8 heteroatoms. The lowest BCUT2D eigenvalue weighted by molar-refractivity contribution is -0.137. The van der Waals surface area contributed by atoms with E-state index in [1.807, 2.05) is 27.7 Å². The summed E-state index contributed by atoms with van der Waals surface area (Å²) < 4.78 is 56.0. The first-order chi connectivity index (χ1) is 11.4. The second-order valence-corrected chi connectivity index (χ2v) is 7.00. The lowest BCUT2D eigenvalue weighted by Crippen LogP contribution is -2.41. The van der Waals surface area contributed by atoms with Crippen molar-refractivity contribution in [2.24, 2.45) is 5.73 Å². The molecule has 1 aliphatic rings. The second-order valence-electron chi connectivity index (χ2n) is 7.00. The van der Waals surface area contributed by atoms with Crippen LogP contribution < -0.4 is 10.5 Å². The minimum atomic E-state index is -4.47. The maximum absolute atomic E-state index is 13.1. The third kappa shape index (κ3) is 4.19. The Kier molecular flexibility index (Phi) is 5.28. The fourth-order valence-corrected chi connectivity index (χ4v) is 2.42. The van der Waals surface area contributed by atoms with Crippen LogP contribution in [0.15, 0.2) is 23.7 Å². The zero-order valence-corrected chi connectivity index (χ0v) is 15.0. The molecule has 1 heterocycles. The summed E-state index contributed by atoms with van der Waals surface area (Å²) in [6.45, 7) is 7.68. The SMILES string of the molecule is COc1cc(C=C(CN)B2OC(C)(C)C(C)(C)O2)cc(C(F)(F)F)c1. The summed E-state index contributed by atoms with van der Waals surface area (Å²) in [5, 5.41) is 0. The fraction of sp³-hybridized carbons (Fsp3) is 0.529. The van der Waals surface area contributed by atoms with E-state index in [1.165, 1.54) is 13.2 Å². The van der Waals surface area contributed by atoms with E-state index in [-0.39, 0.29) is 12.3 Å². The normalized spacial score (nSPS) is 20.0. The van der Waals surface area contributed by atoms with Gasteiger partial charge in [0.2, 0.25) is 0 Å². The van der Waals surface area contributed by atoms with Crippen molar-refractivity contribution >= 4 is 13.2 Å². The summed E-state index contributed by atoms with van der Waals surface area (Å²) in [5.41, 5.74) is 4.76. The first-order valence-corrected chi connectivity index (χ1v) is 7.92. The van der Waals surface area contributed by atoms with Crippen molar-refractivity contribution in [3.63, 3.8) is 0 Å². The Hall–Kier alpha value is -1.51. The third-order valence-electron chi connectivity index (χ3n) is 4.64. The lowest BCUT2D eigenvalue weighted by Gasteiger charge is -2.32. The number of nitrogens with two attached hydrogens (primary N) is 1. The Balaban J connectivity index is 2.40. The van der Waals surface area contributed by atoms with Gasteiger partial charge in [-0.25, -0.2) is 0 Å². The number of rotatable bonds is 4. The molecule has 0 spiro atoms. The van der Waals surface area contributed by atoms with E-state index >= 15 is 0 Å².